The monoisotopic (exact) mass is 332 g/mol. The van der Waals surface area contributed by atoms with Crippen molar-refractivity contribution in [1.29, 1.82) is 0 Å². The summed E-state index contributed by atoms with van der Waals surface area (Å²) in [6.07, 6.45) is 2.13. The zero-order valence-corrected chi connectivity index (χ0v) is 14.1. The number of carbonyl (C=O) groups excluding carboxylic acids is 2. The first kappa shape index (κ1) is 17.1. The lowest BCUT2D eigenvalue weighted by atomic mass is 10.2. The van der Waals surface area contributed by atoms with Gasteiger partial charge in [0.15, 0.2) is 10.9 Å². The Morgan fingerprint density at radius 1 is 1.17 bits per heavy atom. The predicted octanol–water partition coefficient (Wildman–Crippen LogP) is 2.78. The summed E-state index contributed by atoms with van der Waals surface area (Å²) < 4.78 is 5.33. The molecular weight excluding hydrogens is 312 g/mol. The number of benzene rings is 1. The third-order valence-corrected chi connectivity index (χ3v) is 3.94. The van der Waals surface area contributed by atoms with Gasteiger partial charge in [0.05, 0.1) is 0 Å². The van der Waals surface area contributed by atoms with Crippen LogP contribution in [0.25, 0.3) is 0 Å². The molecule has 6 heteroatoms. The Bertz CT molecular complexity index is 655. The third-order valence-electron chi connectivity index (χ3n) is 3.32. The molecule has 0 unspecified atom stereocenters. The molecule has 0 aliphatic rings. The highest BCUT2D eigenvalue weighted by atomic mass is 32.2. The molecule has 1 aromatic heterocycles. The standard InChI is InChI=1S/C17H20N2O3S/c1-19(12-13-6-4-3-5-7-13)15(20)10-11-18-17(21)14-8-9-16(22-14)23-2/h3-9H,10-12H2,1-2H3,(H,18,21). The first-order valence-corrected chi connectivity index (χ1v) is 8.52. The molecule has 0 saturated heterocycles. The number of hydrogen-bond acceptors (Lipinski definition) is 4. The largest absolute Gasteiger partial charge is 0.445 e. The molecule has 0 aliphatic carbocycles. The van der Waals surface area contributed by atoms with Crippen molar-refractivity contribution in [3.05, 3.63) is 53.8 Å². The smallest absolute Gasteiger partial charge is 0.287 e. The SMILES string of the molecule is CSc1ccc(C(=O)NCCC(=O)N(C)Cc2ccccc2)o1. The average molecular weight is 332 g/mol. The van der Waals surface area contributed by atoms with Gasteiger partial charge in [-0.15, -0.1) is 0 Å². The number of rotatable bonds is 7. The molecule has 0 spiro atoms. The lowest BCUT2D eigenvalue weighted by molar-refractivity contribution is -0.130. The summed E-state index contributed by atoms with van der Waals surface area (Å²) in [7, 11) is 1.76. The molecule has 122 valence electrons. The van der Waals surface area contributed by atoms with E-state index >= 15 is 0 Å². The maximum absolute atomic E-state index is 12.1. The van der Waals surface area contributed by atoms with Gasteiger partial charge in [-0.25, -0.2) is 0 Å². The van der Waals surface area contributed by atoms with Gasteiger partial charge in [-0.3, -0.25) is 9.59 Å². The fraction of sp³-hybridized carbons (Fsp3) is 0.294. The molecule has 2 amide bonds. The van der Waals surface area contributed by atoms with Crippen molar-refractivity contribution in [3.8, 4) is 0 Å². The van der Waals surface area contributed by atoms with E-state index < -0.39 is 0 Å². The Morgan fingerprint density at radius 3 is 2.57 bits per heavy atom. The minimum atomic E-state index is -0.302. The molecule has 0 saturated carbocycles. The van der Waals surface area contributed by atoms with Gasteiger partial charge < -0.3 is 14.6 Å². The van der Waals surface area contributed by atoms with Crippen LogP contribution in [-0.2, 0) is 11.3 Å². The Kier molecular flexibility index (Phi) is 6.29. The van der Waals surface area contributed by atoms with Crippen LogP contribution in [0.15, 0.2) is 52.0 Å². The molecule has 0 aliphatic heterocycles. The number of amides is 2. The van der Waals surface area contributed by atoms with Gasteiger partial charge in [0, 0.05) is 26.6 Å². The normalized spacial score (nSPS) is 10.3. The van der Waals surface area contributed by atoms with E-state index in [2.05, 4.69) is 5.32 Å². The van der Waals surface area contributed by atoms with Gasteiger partial charge >= 0.3 is 0 Å². The van der Waals surface area contributed by atoms with Crippen LogP contribution in [0.3, 0.4) is 0 Å². The molecule has 1 N–H and O–H groups in total. The summed E-state index contributed by atoms with van der Waals surface area (Å²) in [5, 5.41) is 3.39. The lowest BCUT2D eigenvalue weighted by Gasteiger charge is -2.17. The van der Waals surface area contributed by atoms with E-state index in [0.717, 1.165) is 5.56 Å². The summed E-state index contributed by atoms with van der Waals surface area (Å²) in [5.74, 6) is -0.0540. The number of hydrogen-bond donors (Lipinski definition) is 1. The highest BCUT2D eigenvalue weighted by Gasteiger charge is 2.13. The van der Waals surface area contributed by atoms with Crippen LogP contribution in [0.4, 0.5) is 0 Å². The number of thioether (sulfide) groups is 1. The minimum Gasteiger partial charge on any atom is -0.445 e. The van der Waals surface area contributed by atoms with Gasteiger partial charge in [0.25, 0.3) is 5.91 Å². The molecule has 0 fully saturated rings. The maximum Gasteiger partial charge on any atom is 0.287 e. The van der Waals surface area contributed by atoms with Crippen molar-refractivity contribution < 1.29 is 14.0 Å². The van der Waals surface area contributed by atoms with Crippen molar-refractivity contribution in [2.75, 3.05) is 19.8 Å². The summed E-state index contributed by atoms with van der Waals surface area (Å²) in [6, 6.07) is 13.2. The maximum atomic E-state index is 12.1. The lowest BCUT2D eigenvalue weighted by Crippen LogP contribution is -2.31. The summed E-state index contributed by atoms with van der Waals surface area (Å²) in [4.78, 5) is 25.6. The van der Waals surface area contributed by atoms with E-state index in [1.54, 1.807) is 24.1 Å². The number of nitrogens with one attached hydrogen (secondary N) is 1. The van der Waals surface area contributed by atoms with Crippen LogP contribution < -0.4 is 5.32 Å². The highest BCUT2D eigenvalue weighted by molar-refractivity contribution is 7.98. The van der Waals surface area contributed by atoms with E-state index in [9.17, 15) is 9.59 Å². The Balaban J connectivity index is 1.74. The van der Waals surface area contributed by atoms with E-state index in [0.29, 0.717) is 11.6 Å². The summed E-state index contributed by atoms with van der Waals surface area (Å²) >= 11 is 1.43. The molecular formula is C17H20N2O3S. The zero-order chi connectivity index (χ0) is 16.7. The number of nitrogens with zero attached hydrogens (tertiary/aromatic N) is 1. The van der Waals surface area contributed by atoms with Gasteiger partial charge in [-0.05, 0) is 24.0 Å². The van der Waals surface area contributed by atoms with Crippen molar-refractivity contribution in [1.82, 2.24) is 10.2 Å². The second kappa shape index (κ2) is 8.43. The van der Waals surface area contributed by atoms with Crippen LogP contribution in [-0.4, -0.2) is 36.6 Å². The topological polar surface area (TPSA) is 62.6 Å². The van der Waals surface area contributed by atoms with Crippen LogP contribution in [0.1, 0.15) is 22.5 Å². The van der Waals surface area contributed by atoms with Gasteiger partial charge in [0.1, 0.15) is 0 Å². The van der Waals surface area contributed by atoms with Crippen LogP contribution >= 0.6 is 11.8 Å². The Morgan fingerprint density at radius 2 is 1.91 bits per heavy atom. The molecule has 5 nitrogen and oxygen atoms in total. The minimum absolute atomic E-state index is 0.0154. The average Bonchev–Trinajstić information content (AvgIpc) is 3.04. The van der Waals surface area contributed by atoms with E-state index in [-0.39, 0.29) is 30.5 Å². The number of carbonyl (C=O) groups is 2. The fourth-order valence-electron chi connectivity index (χ4n) is 2.06. The summed E-state index contributed by atoms with van der Waals surface area (Å²) in [5.41, 5.74) is 1.08. The zero-order valence-electron chi connectivity index (χ0n) is 13.2. The molecule has 0 bridgehead atoms. The van der Waals surface area contributed by atoms with Crippen LogP contribution in [0, 0.1) is 0 Å². The Labute approximate surface area is 140 Å². The molecule has 23 heavy (non-hydrogen) atoms. The van der Waals surface area contributed by atoms with Crippen molar-refractivity contribution in [2.24, 2.45) is 0 Å². The fourth-order valence-corrected chi connectivity index (χ4v) is 2.44. The second-order valence-corrected chi connectivity index (χ2v) is 5.87. The van der Waals surface area contributed by atoms with Gasteiger partial charge in [-0.2, -0.15) is 0 Å². The van der Waals surface area contributed by atoms with E-state index in [1.165, 1.54) is 11.8 Å². The third kappa shape index (κ3) is 5.17. The van der Waals surface area contributed by atoms with Crippen molar-refractivity contribution in [3.63, 3.8) is 0 Å². The van der Waals surface area contributed by atoms with Crippen LogP contribution in [0.2, 0.25) is 0 Å². The Hall–Kier alpha value is -2.21. The molecule has 2 rings (SSSR count). The molecule has 0 atom stereocenters. The highest BCUT2D eigenvalue weighted by Crippen LogP contribution is 2.17. The first-order chi connectivity index (χ1) is 11.1. The van der Waals surface area contributed by atoms with Crippen molar-refractivity contribution in [2.45, 2.75) is 18.1 Å². The van der Waals surface area contributed by atoms with Gasteiger partial charge in [0.2, 0.25) is 5.91 Å². The second-order valence-electron chi connectivity index (χ2n) is 5.06. The van der Waals surface area contributed by atoms with Crippen LogP contribution in [0.5, 0.6) is 0 Å². The van der Waals surface area contributed by atoms with Crippen molar-refractivity contribution >= 4 is 23.6 Å². The molecule has 1 heterocycles. The molecule has 1 aromatic carbocycles. The number of furan rings is 1. The molecule has 2 aromatic rings. The first-order valence-electron chi connectivity index (χ1n) is 7.30. The summed E-state index contributed by atoms with van der Waals surface area (Å²) in [6.45, 7) is 0.842. The van der Waals surface area contributed by atoms with E-state index in [4.69, 9.17) is 4.42 Å². The molecule has 0 radical (unpaired) electrons. The van der Waals surface area contributed by atoms with E-state index in [1.807, 2.05) is 36.6 Å². The van der Waals surface area contributed by atoms with Gasteiger partial charge in [-0.1, -0.05) is 42.1 Å². The quantitative estimate of drug-likeness (QED) is 0.792. The predicted molar refractivity (Wildman–Crippen MR) is 90.4 cm³/mol.